The van der Waals surface area contributed by atoms with Gasteiger partial charge in [0.2, 0.25) is 6.17 Å². The predicted octanol–water partition coefficient (Wildman–Crippen LogP) is 3.91. The second kappa shape index (κ2) is 4.33. The summed E-state index contributed by atoms with van der Waals surface area (Å²) in [5.74, 6) is -11.7. The average molecular weight is 262 g/mol. The van der Waals surface area contributed by atoms with E-state index < -0.39 is 36.8 Å². The van der Waals surface area contributed by atoms with E-state index in [1.165, 1.54) is 0 Å². The van der Waals surface area contributed by atoms with Crippen molar-refractivity contribution in [3.05, 3.63) is 0 Å². The zero-order chi connectivity index (χ0) is 13.4. The molecule has 0 aromatic heterocycles. The van der Waals surface area contributed by atoms with Crippen molar-refractivity contribution in [3.8, 4) is 0 Å². The topological polar surface area (TPSA) is 0 Å². The van der Waals surface area contributed by atoms with Crippen LogP contribution in [-0.2, 0) is 0 Å². The lowest BCUT2D eigenvalue weighted by Gasteiger charge is -2.30. The number of hydrogen-bond donors (Lipinski definition) is 0. The first-order chi connectivity index (χ1) is 6.89. The third-order valence-corrected chi connectivity index (χ3v) is 1.81. The summed E-state index contributed by atoms with van der Waals surface area (Å²) in [7, 11) is 0. The molecule has 0 aliphatic heterocycles. The highest BCUT2D eigenvalue weighted by Crippen LogP contribution is 2.46. The molecule has 98 valence electrons. The summed E-state index contributed by atoms with van der Waals surface area (Å²) in [6.07, 6.45) is -15.9. The molecular weight excluding hydrogens is 255 g/mol. The third kappa shape index (κ3) is 2.54. The van der Waals surface area contributed by atoms with Crippen LogP contribution in [0.4, 0.5) is 39.5 Å². The van der Waals surface area contributed by atoms with E-state index in [9.17, 15) is 39.5 Å². The molecule has 0 spiro atoms. The molecule has 0 nitrogen and oxygen atoms in total. The van der Waals surface area contributed by atoms with Crippen LogP contribution < -0.4 is 0 Å². The summed E-state index contributed by atoms with van der Waals surface area (Å²) >= 11 is 0. The van der Waals surface area contributed by atoms with Crippen LogP contribution in [0.15, 0.2) is 0 Å². The smallest absolute Gasteiger partial charge is 0.241 e. The predicted molar refractivity (Wildman–Crippen MR) is 36.0 cm³/mol. The Morgan fingerprint density at radius 3 is 1.50 bits per heavy atom. The van der Waals surface area contributed by atoms with Crippen molar-refractivity contribution in [2.75, 3.05) is 0 Å². The fourth-order valence-electron chi connectivity index (χ4n) is 0.816. The van der Waals surface area contributed by atoms with Crippen molar-refractivity contribution in [3.63, 3.8) is 0 Å². The van der Waals surface area contributed by atoms with Crippen LogP contribution in [0.2, 0.25) is 0 Å². The molecule has 0 rings (SSSR count). The zero-order valence-corrected chi connectivity index (χ0v) is 7.76. The van der Waals surface area contributed by atoms with Gasteiger partial charge in [0, 0.05) is 0 Å². The van der Waals surface area contributed by atoms with Gasteiger partial charge in [-0.2, -0.15) is 30.7 Å². The summed E-state index contributed by atoms with van der Waals surface area (Å²) in [4.78, 5) is 0. The molecule has 0 aromatic rings. The van der Waals surface area contributed by atoms with Gasteiger partial charge < -0.3 is 0 Å². The molecule has 0 bridgehead atoms. The standard InChI is InChI=1S/C7H7F9/c1-2-3(8)5(10,11)4(9)6(12,13)7(14,15)16/h3-4H,2H2,1H3/t3?,4-/m0/s1. The molecule has 1 unspecified atom stereocenters. The van der Waals surface area contributed by atoms with Crippen LogP contribution in [0.1, 0.15) is 13.3 Å². The largest absolute Gasteiger partial charge is 0.456 e. The van der Waals surface area contributed by atoms with E-state index >= 15 is 0 Å². The van der Waals surface area contributed by atoms with Gasteiger partial charge in [0.05, 0.1) is 0 Å². The Hall–Kier alpha value is -0.630. The normalized spacial score (nSPS) is 18.4. The van der Waals surface area contributed by atoms with Crippen molar-refractivity contribution >= 4 is 0 Å². The summed E-state index contributed by atoms with van der Waals surface area (Å²) < 4.78 is 109. The van der Waals surface area contributed by atoms with Gasteiger partial charge in [-0.25, -0.2) is 8.78 Å². The number of halogens is 9. The van der Waals surface area contributed by atoms with Crippen LogP contribution >= 0.6 is 0 Å². The van der Waals surface area contributed by atoms with Gasteiger partial charge in [-0.1, -0.05) is 6.92 Å². The summed E-state index contributed by atoms with van der Waals surface area (Å²) in [5, 5.41) is 0. The fourth-order valence-corrected chi connectivity index (χ4v) is 0.816. The molecule has 0 aromatic carbocycles. The molecule has 0 aliphatic carbocycles. The van der Waals surface area contributed by atoms with Crippen LogP contribution in [0.25, 0.3) is 0 Å². The second-order valence-electron chi connectivity index (χ2n) is 3.03. The molecule has 0 heterocycles. The Labute approximate surface area is 84.4 Å². The second-order valence-corrected chi connectivity index (χ2v) is 3.03. The maximum atomic E-state index is 12.5. The van der Waals surface area contributed by atoms with Gasteiger partial charge in [-0.3, -0.25) is 0 Å². The van der Waals surface area contributed by atoms with Gasteiger partial charge in [-0.15, -0.1) is 0 Å². The molecule has 16 heavy (non-hydrogen) atoms. The minimum atomic E-state index is -6.50. The van der Waals surface area contributed by atoms with Crippen molar-refractivity contribution in [2.45, 2.75) is 43.7 Å². The minimum Gasteiger partial charge on any atom is -0.241 e. The van der Waals surface area contributed by atoms with E-state index in [1.807, 2.05) is 0 Å². The van der Waals surface area contributed by atoms with E-state index in [4.69, 9.17) is 0 Å². The van der Waals surface area contributed by atoms with Gasteiger partial charge in [-0.05, 0) is 6.42 Å². The van der Waals surface area contributed by atoms with Gasteiger partial charge in [0.1, 0.15) is 0 Å². The highest BCUT2D eigenvalue weighted by molar-refractivity contribution is 4.96. The third-order valence-electron chi connectivity index (χ3n) is 1.81. The van der Waals surface area contributed by atoms with E-state index in [2.05, 4.69) is 0 Å². The van der Waals surface area contributed by atoms with Crippen LogP contribution in [-0.4, -0.2) is 30.4 Å². The molecule has 0 N–H and O–H groups in total. The lowest BCUT2D eigenvalue weighted by Crippen LogP contribution is -2.56. The van der Waals surface area contributed by atoms with E-state index in [0.717, 1.165) is 6.92 Å². The maximum Gasteiger partial charge on any atom is 0.456 e. The molecule has 0 saturated carbocycles. The number of alkyl halides is 9. The van der Waals surface area contributed by atoms with Gasteiger partial charge >= 0.3 is 18.0 Å². The van der Waals surface area contributed by atoms with Crippen molar-refractivity contribution in [1.82, 2.24) is 0 Å². The molecule has 9 heteroatoms. The zero-order valence-electron chi connectivity index (χ0n) is 7.76. The van der Waals surface area contributed by atoms with E-state index in [0.29, 0.717) is 0 Å². The Balaban J connectivity index is 5.13. The first kappa shape index (κ1) is 15.4. The molecule has 0 fully saturated rings. The Morgan fingerprint density at radius 1 is 0.875 bits per heavy atom. The van der Waals surface area contributed by atoms with E-state index in [-0.39, 0.29) is 0 Å². The van der Waals surface area contributed by atoms with E-state index in [1.54, 1.807) is 0 Å². The number of hydrogen-bond acceptors (Lipinski definition) is 0. The highest BCUT2D eigenvalue weighted by Gasteiger charge is 2.71. The van der Waals surface area contributed by atoms with Crippen molar-refractivity contribution in [2.24, 2.45) is 0 Å². The lowest BCUT2D eigenvalue weighted by molar-refractivity contribution is -0.332. The van der Waals surface area contributed by atoms with Crippen LogP contribution in [0.3, 0.4) is 0 Å². The van der Waals surface area contributed by atoms with Crippen molar-refractivity contribution < 1.29 is 39.5 Å². The number of rotatable bonds is 4. The first-order valence-electron chi connectivity index (χ1n) is 3.99. The maximum absolute atomic E-state index is 12.5. The summed E-state index contributed by atoms with van der Waals surface area (Å²) in [6.45, 7) is 0.761. The Morgan fingerprint density at radius 2 is 1.25 bits per heavy atom. The van der Waals surface area contributed by atoms with Crippen molar-refractivity contribution in [1.29, 1.82) is 0 Å². The lowest BCUT2D eigenvalue weighted by atomic mass is 10.0. The molecule has 2 atom stereocenters. The molecule has 0 aliphatic rings. The SMILES string of the molecule is CCC(F)C(F)(F)[C@H](F)C(F)(F)C(F)(F)F. The quantitative estimate of drug-likeness (QED) is 0.674. The monoisotopic (exact) mass is 262 g/mol. The highest BCUT2D eigenvalue weighted by atomic mass is 19.4. The van der Waals surface area contributed by atoms with Crippen LogP contribution in [0, 0.1) is 0 Å². The molecule has 0 radical (unpaired) electrons. The average Bonchev–Trinajstić information content (AvgIpc) is 2.13. The van der Waals surface area contributed by atoms with Crippen LogP contribution in [0.5, 0.6) is 0 Å². The Kier molecular flexibility index (Phi) is 4.15. The molecule has 0 amide bonds. The fraction of sp³-hybridized carbons (Fsp3) is 1.00. The molecular formula is C7H7F9. The summed E-state index contributed by atoms with van der Waals surface area (Å²) in [5.41, 5.74) is 0. The first-order valence-corrected chi connectivity index (χ1v) is 3.99. The van der Waals surface area contributed by atoms with Gasteiger partial charge in [0.15, 0.2) is 6.17 Å². The van der Waals surface area contributed by atoms with Gasteiger partial charge in [0.25, 0.3) is 0 Å². The Bertz CT molecular complexity index is 231. The molecule has 0 saturated heterocycles. The minimum absolute atomic E-state index is 0.761. The summed E-state index contributed by atoms with van der Waals surface area (Å²) in [6, 6.07) is 0.